The van der Waals surface area contributed by atoms with Crippen LogP contribution in [0.4, 0.5) is 0 Å². The molecule has 27 heavy (non-hydrogen) atoms. The zero-order valence-corrected chi connectivity index (χ0v) is 18.2. The molecule has 2 aromatic carbocycles. The normalized spacial score (nSPS) is 11.7. The lowest BCUT2D eigenvalue weighted by molar-refractivity contribution is 0.272. The van der Waals surface area contributed by atoms with Crippen LogP contribution in [0.15, 0.2) is 48.5 Å². The van der Waals surface area contributed by atoms with Gasteiger partial charge in [-0.05, 0) is 40.4 Å². The molecule has 2 rings (SSSR count). The van der Waals surface area contributed by atoms with Crippen molar-refractivity contribution >= 4 is 8.32 Å². The third kappa shape index (κ3) is 7.95. The summed E-state index contributed by atoms with van der Waals surface area (Å²) in [5.74, 6) is 0. The van der Waals surface area contributed by atoms with Gasteiger partial charge in [0.25, 0.3) is 0 Å². The molecule has 0 amide bonds. The number of hydrogen-bond donors (Lipinski definition) is 3. The summed E-state index contributed by atoms with van der Waals surface area (Å²) in [6, 6.07) is 15.2. The topological polar surface area (TPSA) is 69.9 Å². The Labute approximate surface area is 164 Å². The fourth-order valence-electron chi connectivity index (χ4n) is 2.12. The molecule has 0 spiro atoms. The summed E-state index contributed by atoms with van der Waals surface area (Å²) >= 11 is 0. The molecular formula is C22H34O4Si. The van der Waals surface area contributed by atoms with Gasteiger partial charge in [-0.3, -0.25) is 0 Å². The number of hydrogen-bond acceptors (Lipinski definition) is 4. The molecule has 0 aliphatic heterocycles. The second kappa shape index (κ2) is 10.7. The molecule has 0 aliphatic carbocycles. The molecule has 3 N–H and O–H groups in total. The Bertz CT molecular complexity index is 673. The van der Waals surface area contributed by atoms with E-state index in [1.807, 2.05) is 42.5 Å². The molecule has 0 aliphatic rings. The molecule has 0 atom stereocenters. The Morgan fingerprint density at radius 2 is 1.11 bits per heavy atom. The second-order valence-electron chi connectivity index (χ2n) is 8.16. The van der Waals surface area contributed by atoms with Crippen molar-refractivity contribution in [3.63, 3.8) is 0 Å². The molecule has 0 fully saturated rings. The summed E-state index contributed by atoms with van der Waals surface area (Å²) in [5.41, 5.74) is 3.76. The second-order valence-corrected chi connectivity index (χ2v) is 13.0. The van der Waals surface area contributed by atoms with Crippen LogP contribution in [0.25, 0.3) is 0 Å². The van der Waals surface area contributed by atoms with Gasteiger partial charge in [0.1, 0.15) is 0 Å². The Morgan fingerprint density at radius 3 is 1.48 bits per heavy atom. The third-order valence-electron chi connectivity index (χ3n) is 4.94. The van der Waals surface area contributed by atoms with E-state index in [0.717, 1.165) is 22.3 Å². The minimum atomic E-state index is -1.68. The van der Waals surface area contributed by atoms with Gasteiger partial charge < -0.3 is 19.7 Å². The van der Waals surface area contributed by atoms with Crippen molar-refractivity contribution in [2.75, 3.05) is 0 Å². The van der Waals surface area contributed by atoms with E-state index >= 15 is 0 Å². The summed E-state index contributed by atoms with van der Waals surface area (Å²) in [5, 5.41) is 26.7. The summed E-state index contributed by atoms with van der Waals surface area (Å²) in [7, 11) is -1.68. The van der Waals surface area contributed by atoms with E-state index < -0.39 is 8.32 Å². The lowest BCUT2D eigenvalue weighted by atomic mass is 10.1. The Morgan fingerprint density at radius 1 is 0.741 bits per heavy atom. The fourth-order valence-corrected chi connectivity index (χ4v) is 3.08. The smallest absolute Gasteiger partial charge is 0.192 e. The van der Waals surface area contributed by atoms with Gasteiger partial charge in [0.05, 0.1) is 26.4 Å². The maximum absolute atomic E-state index is 9.09. The molecule has 0 unspecified atom stereocenters. The van der Waals surface area contributed by atoms with Gasteiger partial charge in [-0.2, -0.15) is 0 Å². The molecule has 0 bridgehead atoms. The van der Waals surface area contributed by atoms with Crippen molar-refractivity contribution in [3.8, 4) is 0 Å². The van der Waals surface area contributed by atoms with Crippen LogP contribution >= 0.6 is 0 Å². The average Bonchev–Trinajstić information content (AvgIpc) is 2.66. The van der Waals surface area contributed by atoms with Crippen LogP contribution in [-0.4, -0.2) is 23.6 Å². The molecule has 2 aromatic rings. The molecule has 0 aromatic heterocycles. The Balaban J connectivity index is 0.000000309. The SMILES string of the molecule is CC(C)(C)[Si](C)(C)OCc1cccc(CO)c1.OCc1cccc(CO)c1. The highest BCUT2D eigenvalue weighted by Crippen LogP contribution is 2.37. The summed E-state index contributed by atoms with van der Waals surface area (Å²) in [4.78, 5) is 0. The van der Waals surface area contributed by atoms with Crippen molar-refractivity contribution in [2.45, 2.75) is 65.3 Å². The summed E-state index contributed by atoms with van der Waals surface area (Å²) in [6.07, 6.45) is 0. The minimum absolute atomic E-state index is 0.0356. The first-order valence-electron chi connectivity index (χ1n) is 9.25. The van der Waals surface area contributed by atoms with Gasteiger partial charge in [-0.1, -0.05) is 69.3 Å². The molecule has 0 saturated carbocycles. The largest absolute Gasteiger partial charge is 0.413 e. The number of benzene rings is 2. The van der Waals surface area contributed by atoms with Gasteiger partial charge in [0, 0.05) is 0 Å². The Kier molecular flexibility index (Phi) is 9.36. The van der Waals surface area contributed by atoms with Crippen molar-refractivity contribution in [1.29, 1.82) is 0 Å². The third-order valence-corrected chi connectivity index (χ3v) is 9.41. The van der Waals surface area contributed by atoms with Crippen LogP contribution in [0.3, 0.4) is 0 Å². The van der Waals surface area contributed by atoms with E-state index in [4.69, 9.17) is 19.7 Å². The number of aliphatic hydroxyl groups is 3. The molecule has 150 valence electrons. The van der Waals surface area contributed by atoms with E-state index in [9.17, 15) is 0 Å². The predicted octanol–water partition coefficient (Wildman–Crippen LogP) is 4.37. The van der Waals surface area contributed by atoms with E-state index in [1.165, 1.54) is 0 Å². The first-order valence-corrected chi connectivity index (χ1v) is 12.2. The molecule has 0 heterocycles. The van der Waals surface area contributed by atoms with Gasteiger partial charge in [0.2, 0.25) is 0 Å². The van der Waals surface area contributed by atoms with Gasteiger partial charge >= 0.3 is 0 Å². The number of aliphatic hydroxyl groups excluding tert-OH is 3. The van der Waals surface area contributed by atoms with Crippen LogP contribution in [-0.2, 0) is 30.9 Å². The molecular weight excluding hydrogens is 356 g/mol. The average molecular weight is 391 g/mol. The maximum atomic E-state index is 9.09. The Hall–Kier alpha value is -1.50. The first kappa shape index (κ1) is 23.5. The molecule has 0 saturated heterocycles. The summed E-state index contributed by atoms with van der Waals surface area (Å²) < 4.78 is 6.14. The monoisotopic (exact) mass is 390 g/mol. The van der Waals surface area contributed by atoms with Crippen molar-refractivity contribution in [1.82, 2.24) is 0 Å². The first-order chi connectivity index (χ1) is 12.6. The van der Waals surface area contributed by atoms with Crippen LogP contribution in [0, 0.1) is 0 Å². The van der Waals surface area contributed by atoms with Gasteiger partial charge in [0.15, 0.2) is 8.32 Å². The zero-order chi connectivity index (χ0) is 20.5. The minimum Gasteiger partial charge on any atom is -0.413 e. The standard InChI is InChI=1S/C14H24O2Si.C8H10O2/c1-14(2,3)17(4,5)16-11-13-8-6-7-12(9-13)10-15;9-5-7-2-1-3-8(4-7)6-10/h6-9,15H,10-11H2,1-5H3;1-4,9-10H,5-6H2. The number of rotatable bonds is 6. The van der Waals surface area contributed by atoms with Crippen molar-refractivity contribution < 1.29 is 19.7 Å². The van der Waals surface area contributed by atoms with E-state index in [0.29, 0.717) is 6.61 Å². The van der Waals surface area contributed by atoms with Gasteiger partial charge in [-0.25, -0.2) is 0 Å². The zero-order valence-electron chi connectivity index (χ0n) is 17.2. The predicted molar refractivity (Wildman–Crippen MR) is 113 cm³/mol. The highest BCUT2D eigenvalue weighted by Gasteiger charge is 2.36. The quantitative estimate of drug-likeness (QED) is 0.641. The molecule has 4 nitrogen and oxygen atoms in total. The maximum Gasteiger partial charge on any atom is 0.192 e. The lowest BCUT2D eigenvalue weighted by Crippen LogP contribution is -2.40. The summed E-state index contributed by atoms with van der Waals surface area (Å²) in [6.45, 7) is 12.0. The molecule has 5 heteroatoms. The van der Waals surface area contributed by atoms with Crippen LogP contribution in [0.1, 0.15) is 43.0 Å². The highest BCUT2D eigenvalue weighted by molar-refractivity contribution is 6.74. The van der Waals surface area contributed by atoms with Crippen LogP contribution < -0.4 is 0 Å². The van der Waals surface area contributed by atoms with Crippen molar-refractivity contribution in [2.24, 2.45) is 0 Å². The van der Waals surface area contributed by atoms with Crippen LogP contribution in [0.2, 0.25) is 18.1 Å². The van der Waals surface area contributed by atoms with Crippen molar-refractivity contribution in [3.05, 3.63) is 70.8 Å². The van der Waals surface area contributed by atoms with Gasteiger partial charge in [-0.15, -0.1) is 0 Å². The lowest BCUT2D eigenvalue weighted by Gasteiger charge is -2.36. The van der Waals surface area contributed by atoms with Crippen LogP contribution in [0.5, 0.6) is 0 Å². The van der Waals surface area contributed by atoms with E-state index in [2.05, 4.69) is 33.9 Å². The fraction of sp³-hybridized carbons (Fsp3) is 0.455. The molecule has 0 radical (unpaired) electrons. The van der Waals surface area contributed by atoms with E-state index in [-0.39, 0.29) is 24.9 Å². The highest BCUT2D eigenvalue weighted by atomic mass is 28.4. The van der Waals surface area contributed by atoms with E-state index in [1.54, 1.807) is 6.07 Å².